The van der Waals surface area contributed by atoms with E-state index < -0.39 is 15.8 Å². The van der Waals surface area contributed by atoms with Gasteiger partial charge in [0.25, 0.3) is 0 Å². The molecule has 16 heavy (non-hydrogen) atoms. The minimum atomic E-state index is -3.59. The molecule has 0 spiro atoms. The molecule has 0 saturated carbocycles. The maximum absolute atomic E-state index is 11.4. The van der Waals surface area contributed by atoms with E-state index in [0.717, 1.165) is 24.7 Å². The van der Waals surface area contributed by atoms with Gasteiger partial charge >= 0.3 is 5.97 Å². The summed E-state index contributed by atoms with van der Waals surface area (Å²) in [5, 5.41) is 8.77. The van der Waals surface area contributed by atoms with Gasteiger partial charge in [0.05, 0.1) is 0 Å². The van der Waals surface area contributed by atoms with Crippen molar-refractivity contribution in [2.45, 2.75) is 24.3 Å². The molecule has 5 nitrogen and oxygen atoms in total. The normalized spacial score (nSPS) is 14.8. The summed E-state index contributed by atoms with van der Waals surface area (Å²) >= 11 is 0. The van der Waals surface area contributed by atoms with E-state index in [0.29, 0.717) is 12.0 Å². The molecule has 0 saturated heterocycles. The predicted octanol–water partition coefficient (Wildman–Crippen LogP) is 0.672. The lowest BCUT2D eigenvalue weighted by Gasteiger charge is -2.08. The molecule has 1 heterocycles. The van der Waals surface area contributed by atoms with Gasteiger partial charge in [-0.1, -0.05) is 0 Å². The van der Waals surface area contributed by atoms with Crippen LogP contribution in [-0.2, 0) is 22.7 Å². The molecule has 0 amide bonds. The van der Waals surface area contributed by atoms with Crippen LogP contribution in [0.25, 0.3) is 0 Å². The summed E-state index contributed by atoms with van der Waals surface area (Å²) in [5.74, 6) is -1.22. The van der Waals surface area contributed by atoms with Crippen LogP contribution in [0.4, 0.5) is 0 Å². The number of aryl methyl sites for hydroxylation is 1. The van der Waals surface area contributed by atoms with Crippen molar-refractivity contribution in [3.05, 3.63) is 22.9 Å². The molecule has 0 aromatic carbocycles. The Kier molecular flexibility index (Phi) is 2.46. The van der Waals surface area contributed by atoms with E-state index in [9.17, 15) is 13.2 Å². The molecule has 0 aliphatic heterocycles. The number of hydrogen-bond donors (Lipinski definition) is 1. The molecule has 2 rings (SSSR count). The van der Waals surface area contributed by atoms with Gasteiger partial charge in [-0.05, 0) is 30.4 Å². The highest BCUT2D eigenvalue weighted by molar-refractivity contribution is 7.90. The molecule has 1 aromatic rings. The zero-order chi connectivity index (χ0) is 11.9. The zero-order valence-electron chi connectivity index (χ0n) is 8.73. The van der Waals surface area contributed by atoms with Crippen LogP contribution in [0.15, 0.2) is 11.2 Å². The van der Waals surface area contributed by atoms with Crippen molar-refractivity contribution in [3.8, 4) is 0 Å². The Hall–Kier alpha value is -1.43. The summed E-state index contributed by atoms with van der Waals surface area (Å²) < 4.78 is 22.9. The number of aromatic carboxylic acids is 1. The van der Waals surface area contributed by atoms with Gasteiger partial charge in [-0.15, -0.1) is 0 Å². The van der Waals surface area contributed by atoms with Crippen molar-refractivity contribution in [3.63, 3.8) is 0 Å². The standard InChI is InChI=1S/C10H11NO4S/c1-16(14,15)9-8(10(12)13)7-4-2-3-6(7)5-11-9/h5H,2-4H2,1H3,(H,12,13). The maximum Gasteiger partial charge on any atom is 0.338 e. The Morgan fingerprint density at radius 1 is 1.44 bits per heavy atom. The number of pyridine rings is 1. The quantitative estimate of drug-likeness (QED) is 0.822. The van der Waals surface area contributed by atoms with Gasteiger partial charge in [0.1, 0.15) is 5.56 Å². The third-order valence-electron chi connectivity index (χ3n) is 2.68. The molecule has 1 aliphatic rings. The number of carboxylic acid groups (broad SMARTS) is 1. The first-order valence-electron chi connectivity index (χ1n) is 4.85. The number of sulfone groups is 1. The van der Waals surface area contributed by atoms with E-state index in [1.165, 1.54) is 6.20 Å². The summed E-state index contributed by atoms with van der Waals surface area (Å²) in [6.45, 7) is 0. The zero-order valence-corrected chi connectivity index (χ0v) is 9.54. The smallest absolute Gasteiger partial charge is 0.338 e. The Morgan fingerprint density at radius 3 is 2.69 bits per heavy atom. The van der Waals surface area contributed by atoms with E-state index in [2.05, 4.69) is 4.98 Å². The van der Waals surface area contributed by atoms with Crippen LogP contribution in [0.5, 0.6) is 0 Å². The average Bonchev–Trinajstić information content (AvgIpc) is 2.61. The number of rotatable bonds is 2. The van der Waals surface area contributed by atoms with Crippen molar-refractivity contribution in [2.24, 2.45) is 0 Å². The largest absolute Gasteiger partial charge is 0.478 e. The van der Waals surface area contributed by atoms with Gasteiger partial charge in [-0.25, -0.2) is 18.2 Å². The van der Waals surface area contributed by atoms with Crippen LogP contribution in [0.1, 0.15) is 27.9 Å². The summed E-state index contributed by atoms with van der Waals surface area (Å²) in [6, 6.07) is 0. The molecule has 0 atom stereocenters. The maximum atomic E-state index is 11.4. The SMILES string of the molecule is CS(=O)(=O)c1ncc2c(c1C(=O)O)CCC2. The van der Waals surface area contributed by atoms with E-state index in [-0.39, 0.29) is 10.6 Å². The second kappa shape index (κ2) is 3.55. The fourth-order valence-electron chi connectivity index (χ4n) is 2.03. The van der Waals surface area contributed by atoms with E-state index in [1.807, 2.05) is 0 Å². The number of aromatic nitrogens is 1. The molecule has 1 aromatic heterocycles. The number of hydrogen-bond acceptors (Lipinski definition) is 4. The highest BCUT2D eigenvalue weighted by atomic mass is 32.2. The molecule has 6 heteroatoms. The lowest BCUT2D eigenvalue weighted by molar-refractivity contribution is 0.0690. The lowest BCUT2D eigenvalue weighted by atomic mass is 10.1. The summed E-state index contributed by atoms with van der Waals surface area (Å²) in [5.41, 5.74) is 1.34. The minimum absolute atomic E-state index is 0.141. The topological polar surface area (TPSA) is 84.3 Å². The van der Waals surface area contributed by atoms with Crippen molar-refractivity contribution in [1.29, 1.82) is 0 Å². The monoisotopic (exact) mass is 241 g/mol. The minimum Gasteiger partial charge on any atom is -0.478 e. The summed E-state index contributed by atoms with van der Waals surface area (Å²) in [4.78, 5) is 14.9. The van der Waals surface area contributed by atoms with Gasteiger partial charge < -0.3 is 5.11 Å². The predicted molar refractivity (Wildman–Crippen MR) is 56.3 cm³/mol. The second-order valence-corrected chi connectivity index (χ2v) is 5.80. The van der Waals surface area contributed by atoms with Crippen LogP contribution in [0.3, 0.4) is 0 Å². The Bertz CT molecular complexity index is 562. The molecule has 0 unspecified atom stereocenters. The summed E-state index contributed by atoms with van der Waals surface area (Å²) in [7, 11) is -3.59. The highest BCUT2D eigenvalue weighted by Gasteiger charge is 2.27. The fraction of sp³-hybridized carbons (Fsp3) is 0.400. The highest BCUT2D eigenvalue weighted by Crippen LogP contribution is 2.28. The Morgan fingerprint density at radius 2 is 2.12 bits per heavy atom. The molecule has 1 N–H and O–H groups in total. The second-order valence-electron chi connectivity index (χ2n) is 3.87. The third-order valence-corrected chi connectivity index (χ3v) is 3.69. The molecule has 86 valence electrons. The third kappa shape index (κ3) is 1.69. The van der Waals surface area contributed by atoms with Gasteiger partial charge in [0, 0.05) is 12.5 Å². The van der Waals surface area contributed by atoms with Gasteiger partial charge in [0.15, 0.2) is 14.9 Å². The van der Waals surface area contributed by atoms with Crippen LogP contribution in [0, 0.1) is 0 Å². The summed E-state index contributed by atoms with van der Waals surface area (Å²) in [6.07, 6.45) is 4.69. The Labute approximate surface area is 93.1 Å². The number of fused-ring (bicyclic) bond motifs is 1. The lowest BCUT2D eigenvalue weighted by Crippen LogP contribution is -2.13. The van der Waals surface area contributed by atoms with Crippen molar-refractivity contribution in [2.75, 3.05) is 6.26 Å². The van der Waals surface area contributed by atoms with Gasteiger partial charge in [0.2, 0.25) is 0 Å². The Balaban J connectivity index is 2.78. The van der Waals surface area contributed by atoms with Gasteiger partial charge in [-0.2, -0.15) is 0 Å². The molecule has 0 bridgehead atoms. The van der Waals surface area contributed by atoms with Gasteiger partial charge in [-0.3, -0.25) is 0 Å². The first-order chi connectivity index (χ1) is 7.41. The number of carboxylic acids is 1. The molecule has 1 aliphatic carbocycles. The van der Waals surface area contributed by atoms with E-state index in [1.54, 1.807) is 0 Å². The molecule has 0 fully saturated rings. The van der Waals surface area contributed by atoms with Crippen LogP contribution < -0.4 is 0 Å². The first kappa shape index (κ1) is 11.1. The van der Waals surface area contributed by atoms with E-state index >= 15 is 0 Å². The molecule has 0 radical (unpaired) electrons. The number of nitrogens with zero attached hydrogens (tertiary/aromatic N) is 1. The van der Waals surface area contributed by atoms with Crippen LogP contribution >= 0.6 is 0 Å². The number of carbonyl (C=O) groups is 1. The van der Waals surface area contributed by atoms with Crippen LogP contribution in [-0.4, -0.2) is 30.7 Å². The van der Waals surface area contributed by atoms with Crippen molar-refractivity contribution >= 4 is 15.8 Å². The average molecular weight is 241 g/mol. The fourth-order valence-corrected chi connectivity index (χ4v) is 2.85. The first-order valence-corrected chi connectivity index (χ1v) is 6.74. The molecular formula is C10H11NO4S. The van der Waals surface area contributed by atoms with Crippen LogP contribution in [0.2, 0.25) is 0 Å². The van der Waals surface area contributed by atoms with E-state index in [4.69, 9.17) is 5.11 Å². The van der Waals surface area contributed by atoms with Crippen molar-refractivity contribution in [1.82, 2.24) is 4.98 Å². The molecular weight excluding hydrogens is 230 g/mol. The van der Waals surface area contributed by atoms with Crippen molar-refractivity contribution < 1.29 is 18.3 Å².